The van der Waals surface area contributed by atoms with E-state index in [4.69, 9.17) is 0 Å². The Kier molecular flexibility index (Phi) is 6.97. The number of amides is 2. The average molecular weight is 401 g/mol. The van der Waals surface area contributed by atoms with Crippen LogP contribution in [0.15, 0.2) is 12.2 Å². The molecule has 1 saturated heterocycles. The topological polar surface area (TPSA) is 49.4 Å². The van der Waals surface area contributed by atoms with E-state index in [9.17, 15) is 9.59 Å². The Hall–Kier alpha value is -1.32. The molecule has 3 fully saturated rings. The van der Waals surface area contributed by atoms with Crippen LogP contribution in [-0.2, 0) is 9.59 Å². The molecule has 162 valence electrons. The minimum atomic E-state index is 0.177. The molecule has 3 aliphatic carbocycles. The molecule has 0 bridgehead atoms. The number of likely N-dealkylation sites (tertiary alicyclic amines) is 1. The maximum Gasteiger partial charge on any atom is 0.225 e. The smallest absolute Gasteiger partial charge is 0.225 e. The Morgan fingerprint density at radius 1 is 0.931 bits per heavy atom. The molecule has 2 amide bonds. The monoisotopic (exact) mass is 400 g/mol. The van der Waals surface area contributed by atoms with Gasteiger partial charge in [-0.2, -0.15) is 0 Å². The van der Waals surface area contributed by atoms with Gasteiger partial charge in [-0.1, -0.05) is 31.4 Å². The summed E-state index contributed by atoms with van der Waals surface area (Å²) in [4.78, 5) is 27.8. The minimum absolute atomic E-state index is 0.177. The quantitative estimate of drug-likeness (QED) is 0.677. The van der Waals surface area contributed by atoms with Gasteiger partial charge in [0.2, 0.25) is 11.8 Å². The summed E-state index contributed by atoms with van der Waals surface area (Å²) in [6.07, 6.45) is 21.5. The number of rotatable bonds is 4. The van der Waals surface area contributed by atoms with E-state index in [0.29, 0.717) is 23.7 Å². The van der Waals surface area contributed by atoms with Gasteiger partial charge in [0.25, 0.3) is 0 Å². The van der Waals surface area contributed by atoms with Crippen molar-refractivity contribution in [1.29, 1.82) is 0 Å². The number of nitrogens with one attached hydrogen (secondary N) is 1. The Morgan fingerprint density at radius 2 is 1.72 bits per heavy atom. The van der Waals surface area contributed by atoms with Crippen LogP contribution in [0.2, 0.25) is 0 Å². The van der Waals surface area contributed by atoms with Crippen LogP contribution in [-0.4, -0.2) is 35.8 Å². The van der Waals surface area contributed by atoms with Gasteiger partial charge in [-0.05, 0) is 82.0 Å². The molecule has 1 unspecified atom stereocenters. The first-order valence-electron chi connectivity index (χ1n) is 12.4. The van der Waals surface area contributed by atoms with Crippen molar-refractivity contribution in [2.45, 2.75) is 102 Å². The van der Waals surface area contributed by atoms with E-state index in [1.807, 2.05) is 0 Å². The molecule has 1 heterocycles. The van der Waals surface area contributed by atoms with Crippen molar-refractivity contribution in [1.82, 2.24) is 10.2 Å². The maximum atomic E-state index is 13.2. The van der Waals surface area contributed by atoms with Crippen LogP contribution in [0, 0.1) is 17.3 Å². The summed E-state index contributed by atoms with van der Waals surface area (Å²) in [5, 5.41) is 3.28. The van der Waals surface area contributed by atoms with Crippen LogP contribution >= 0.6 is 0 Å². The fraction of sp³-hybridized carbons (Fsp3) is 0.840. The molecule has 0 radical (unpaired) electrons. The summed E-state index contributed by atoms with van der Waals surface area (Å²) in [6, 6.07) is 0.284. The van der Waals surface area contributed by atoms with Crippen molar-refractivity contribution < 1.29 is 9.59 Å². The number of piperidine rings is 1. The maximum absolute atomic E-state index is 13.2. The van der Waals surface area contributed by atoms with Gasteiger partial charge in [0, 0.05) is 31.5 Å². The fourth-order valence-corrected chi connectivity index (χ4v) is 6.39. The van der Waals surface area contributed by atoms with Crippen molar-refractivity contribution in [2.75, 3.05) is 13.1 Å². The van der Waals surface area contributed by atoms with Crippen LogP contribution < -0.4 is 5.32 Å². The third kappa shape index (κ3) is 5.44. The average Bonchev–Trinajstić information content (AvgIpc) is 2.75. The van der Waals surface area contributed by atoms with Crippen LogP contribution in [0.1, 0.15) is 96.3 Å². The first-order valence-corrected chi connectivity index (χ1v) is 12.4. The third-order valence-corrected chi connectivity index (χ3v) is 8.17. The van der Waals surface area contributed by atoms with Crippen molar-refractivity contribution in [3.05, 3.63) is 12.2 Å². The molecule has 4 rings (SSSR count). The molecule has 1 aliphatic heterocycles. The number of allylic oxidation sites excluding steroid dienone is 2. The van der Waals surface area contributed by atoms with Crippen LogP contribution in [0.4, 0.5) is 0 Å². The van der Waals surface area contributed by atoms with E-state index in [-0.39, 0.29) is 17.9 Å². The van der Waals surface area contributed by atoms with Gasteiger partial charge in [-0.25, -0.2) is 0 Å². The number of nitrogens with zero attached hydrogens (tertiary/aromatic N) is 1. The van der Waals surface area contributed by atoms with Gasteiger partial charge in [0.1, 0.15) is 0 Å². The zero-order chi connectivity index (χ0) is 20.1. The predicted molar refractivity (Wildman–Crippen MR) is 116 cm³/mol. The van der Waals surface area contributed by atoms with E-state index >= 15 is 0 Å². The second kappa shape index (κ2) is 9.66. The number of carbonyl (C=O) groups excluding carboxylic acids is 2. The summed E-state index contributed by atoms with van der Waals surface area (Å²) in [5.74, 6) is 1.42. The SMILES string of the molecule is O=C(CC1CCCCC1)NC1CCC(C(=O)N2CCCC3(CC=CCC3)C2)CC1. The minimum Gasteiger partial charge on any atom is -0.353 e. The Balaban J connectivity index is 1.21. The molecule has 0 aromatic rings. The highest BCUT2D eigenvalue weighted by molar-refractivity contribution is 5.79. The lowest BCUT2D eigenvalue weighted by atomic mass is 9.71. The number of carbonyl (C=O) groups is 2. The Labute approximate surface area is 176 Å². The largest absolute Gasteiger partial charge is 0.353 e. The molecule has 4 heteroatoms. The van der Waals surface area contributed by atoms with Gasteiger partial charge in [0.15, 0.2) is 0 Å². The first kappa shape index (κ1) is 20.9. The Bertz CT molecular complexity index is 602. The Morgan fingerprint density at radius 3 is 2.45 bits per heavy atom. The zero-order valence-corrected chi connectivity index (χ0v) is 18.2. The summed E-state index contributed by atoms with van der Waals surface area (Å²) < 4.78 is 0. The summed E-state index contributed by atoms with van der Waals surface area (Å²) in [5.41, 5.74) is 0.354. The lowest BCUT2D eigenvalue weighted by molar-refractivity contribution is -0.140. The van der Waals surface area contributed by atoms with Crippen molar-refractivity contribution in [2.24, 2.45) is 17.3 Å². The van der Waals surface area contributed by atoms with Gasteiger partial charge < -0.3 is 10.2 Å². The van der Waals surface area contributed by atoms with Crippen molar-refractivity contribution >= 4 is 11.8 Å². The number of hydrogen-bond acceptors (Lipinski definition) is 2. The van der Waals surface area contributed by atoms with Gasteiger partial charge in [-0.3, -0.25) is 9.59 Å². The van der Waals surface area contributed by atoms with Gasteiger partial charge in [-0.15, -0.1) is 0 Å². The molecular formula is C25H40N2O2. The highest BCUT2D eigenvalue weighted by Gasteiger charge is 2.39. The molecule has 4 nitrogen and oxygen atoms in total. The normalized spacial score (nSPS) is 33.6. The van der Waals surface area contributed by atoms with E-state index in [2.05, 4.69) is 22.4 Å². The summed E-state index contributed by atoms with van der Waals surface area (Å²) in [7, 11) is 0. The summed E-state index contributed by atoms with van der Waals surface area (Å²) in [6.45, 7) is 1.91. The van der Waals surface area contributed by atoms with Gasteiger partial charge in [0.05, 0.1) is 0 Å². The second-order valence-electron chi connectivity index (χ2n) is 10.4. The molecule has 4 aliphatic rings. The van der Waals surface area contributed by atoms with Crippen LogP contribution in [0.5, 0.6) is 0 Å². The molecule has 1 N–H and O–H groups in total. The second-order valence-corrected chi connectivity index (χ2v) is 10.4. The fourth-order valence-electron chi connectivity index (χ4n) is 6.39. The molecule has 0 aromatic carbocycles. The molecule has 29 heavy (non-hydrogen) atoms. The third-order valence-electron chi connectivity index (χ3n) is 8.17. The van der Waals surface area contributed by atoms with Crippen molar-refractivity contribution in [3.63, 3.8) is 0 Å². The molecule has 2 saturated carbocycles. The standard InChI is InChI=1S/C25H40N2O2/c28-23(18-20-8-3-1-4-9-20)26-22-12-10-21(11-13-22)24(29)27-17-7-16-25(19-27)14-5-2-6-15-25/h2,5,20-22H,1,3-4,6-19H2,(H,26,28). The predicted octanol–water partition coefficient (Wildman–Crippen LogP) is 4.98. The first-order chi connectivity index (χ1) is 14.1. The van der Waals surface area contributed by atoms with E-state index in [1.165, 1.54) is 51.4 Å². The zero-order valence-electron chi connectivity index (χ0n) is 18.2. The molecule has 0 aromatic heterocycles. The lowest BCUT2D eigenvalue weighted by Crippen LogP contribution is -2.49. The number of hydrogen-bond donors (Lipinski definition) is 1. The lowest BCUT2D eigenvalue weighted by Gasteiger charge is -2.45. The highest BCUT2D eigenvalue weighted by atomic mass is 16.2. The molecular weight excluding hydrogens is 360 g/mol. The van der Waals surface area contributed by atoms with E-state index in [0.717, 1.165) is 51.6 Å². The van der Waals surface area contributed by atoms with E-state index in [1.54, 1.807) is 0 Å². The van der Waals surface area contributed by atoms with Crippen molar-refractivity contribution in [3.8, 4) is 0 Å². The van der Waals surface area contributed by atoms with E-state index < -0.39 is 0 Å². The van der Waals surface area contributed by atoms with Crippen LogP contribution in [0.3, 0.4) is 0 Å². The molecule has 1 spiro atoms. The van der Waals surface area contributed by atoms with Gasteiger partial charge >= 0.3 is 0 Å². The summed E-state index contributed by atoms with van der Waals surface area (Å²) >= 11 is 0. The highest BCUT2D eigenvalue weighted by Crippen LogP contribution is 2.41. The molecule has 1 atom stereocenters. The van der Waals surface area contributed by atoms with Crippen LogP contribution in [0.25, 0.3) is 0 Å².